The lowest BCUT2D eigenvalue weighted by molar-refractivity contribution is -0.137. The third kappa shape index (κ3) is 5.86. The van der Waals surface area contributed by atoms with Crippen molar-refractivity contribution in [2.24, 2.45) is 5.73 Å². The van der Waals surface area contributed by atoms with E-state index in [4.69, 9.17) is 10.8 Å². The van der Waals surface area contributed by atoms with Gasteiger partial charge in [-0.25, -0.2) is 0 Å². The summed E-state index contributed by atoms with van der Waals surface area (Å²) < 4.78 is 0. The molecule has 0 spiro atoms. The molecule has 3 nitrogen and oxygen atoms in total. The van der Waals surface area contributed by atoms with Gasteiger partial charge in [0.1, 0.15) is 0 Å². The fourth-order valence-electron chi connectivity index (χ4n) is 0.326. The number of hydrogen-bond donors (Lipinski definition) is 2. The first kappa shape index (κ1) is 7.86. The maximum absolute atomic E-state index is 9.92. The Labute approximate surface area is 50.5 Å². The molecular weight excluding hydrogens is 125 g/mol. The molecule has 0 aliphatic carbocycles. The number of aliphatic carboxylic acids is 1. The number of carboxylic acid groups (broad SMARTS) is 1. The van der Waals surface area contributed by atoms with Crippen LogP contribution < -0.4 is 5.73 Å². The van der Waals surface area contributed by atoms with Gasteiger partial charge < -0.3 is 10.8 Å². The molecule has 0 aromatic heterocycles. The Kier molecular flexibility index (Phi) is 2.38. The van der Waals surface area contributed by atoms with E-state index in [0.717, 1.165) is 0 Å². The van der Waals surface area contributed by atoms with Crippen LogP contribution in [0, 0.1) is 0 Å². The monoisotopic (exact) mass is 135 g/mol. The maximum Gasteiger partial charge on any atom is 0.305 e. The SMILES string of the molecule is CC(N)(P)CC(=O)O. The van der Waals surface area contributed by atoms with E-state index in [0.29, 0.717) is 0 Å². The zero-order chi connectivity index (χ0) is 6.78. The zero-order valence-electron chi connectivity index (χ0n) is 4.72. The van der Waals surface area contributed by atoms with Crippen LogP contribution >= 0.6 is 9.24 Å². The largest absolute Gasteiger partial charge is 0.481 e. The molecule has 0 radical (unpaired) electrons. The molecular formula is C4H10NO2P. The summed E-state index contributed by atoms with van der Waals surface area (Å²) in [6.45, 7) is 1.64. The first-order valence-corrected chi connectivity index (χ1v) is 2.79. The number of hydrogen-bond acceptors (Lipinski definition) is 2. The van der Waals surface area contributed by atoms with Gasteiger partial charge in [-0.2, -0.15) is 0 Å². The molecule has 4 heteroatoms. The molecule has 0 saturated carbocycles. The lowest BCUT2D eigenvalue weighted by Gasteiger charge is -2.13. The minimum absolute atomic E-state index is 0.0162. The van der Waals surface area contributed by atoms with Crippen molar-refractivity contribution < 1.29 is 9.90 Å². The number of carbonyl (C=O) groups is 1. The second-order valence-corrected chi connectivity index (χ2v) is 3.40. The Morgan fingerprint density at radius 3 is 2.38 bits per heavy atom. The molecule has 0 amide bonds. The average molecular weight is 135 g/mol. The van der Waals surface area contributed by atoms with Gasteiger partial charge in [0.05, 0.1) is 6.42 Å². The second kappa shape index (κ2) is 2.42. The Morgan fingerprint density at radius 1 is 2.00 bits per heavy atom. The molecule has 48 valence electrons. The molecule has 0 aromatic carbocycles. The Hall–Kier alpha value is -0.140. The molecule has 0 aliphatic heterocycles. The Bertz CT molecular complexity index is 96.7. The van der Waals surface area contributed by atoms with Crippen molar-refractivity contribution in [1.29, 1.82) is 0 Å². The highest BCUT2D eigenvalue weighted by Gasteiger charge is 2.14. The highest BCUT2D eigenvalue weighted by Crippen LogP contribution is 2.12. The fourth-order valence-corrected chi connectivity index (χ4v) is 0.500. The van der Waals surface area contributed by atoms with Gasteiger partial charge in [0.2, 0.25) is 0 Å². The van der Waals surface area contributed by atoms with Gasteiger partial charge in [0, 0.05) is 5.28 Å². The highest BCUT2D eigenvalue weighted by atomic mass is 31.0. The highest BCUT2D eigenvalue weighted by molar-refractivity contribution is 7.18. The van der Waals surface area contributed by atoms with E-state index < -0.39 is 11.2 Å². The third-order valence-corrected chi connectivity index (χ3v) is 0.736. The fraction of sp³-hybridized carbons (Fsp3) is 0.750. The Morgan fingerprint density at radius 2 is 2.38 bits per heavy atom. The zero-order valence-corrected chi connectivity index (χ0v) is 5.87. The van der Waals surface area contributed by atoms with Gasteiger partial charge in [-0.3, -0.25) is 4.79 Å². The van der Waals surface area contributed by atoms with Gasteiger partial charge in [-0.05, 0) is 6.92 Å². The molecule has 0 fully saturated rings. The summed E-state index contributed by atoms with van der Waals surface area (Å²) in [5.41, 5.74) is 5.32. The number of rotatable bonds is 2. The minimum atomic E-state index is -0.870. The summed E-state index contributed by atoms with van der Waals surface area (Å²) in [5, 5.41) is 7.49. The van der Waals surface area contributed by atoms with Crippen LogP contribution in [-0.4, -0.2) is 16.4 Å². The first-order valence-electron chi connectivity index (χ1n) is 2.21. The maximum atomic E-state index is 9.92. The quantitative estimate of drug-likeness (QED) is 0.524. The van der Waals surface area contributed by atoms with Crippen LogP contribution in [0.15, 0.2) is 0 Å². The molecule has 2 unspecified atom stereocenters. The van der Waals surface area contributed by atoms with Gasteiger partial charge in [-0.1, -0.05) is 0 Å². The second-order valence-electron chi connectivity index (χ2n) is 2.08. The molecule has 0 bridgehead atoms. The predicted molar refractivity (Wildman–Crippen MR) is 34.6 cm³/mol. The minimum Gasteiger partial charge on any atom is -0.481 e. The Balaban J connectivity index is 3.55. The van der Waals surface area contributed by atoms with Crippen LogP contribution in [0.4, 0.5) is 0 Å². The standard InChI is InChI=1S/C4H10NO2P/c1-4(5,8)2-3(6)7/h2,5,8H2,1H3,(H,6,7). The average Bonchev–Trinajstić information content (AvgIpc) is 1.21. The van der Waals surface area contributed by atoms with Crippen molar-refractivity contribution in [2.45, 2.75) is 18.6 Å². The van der Waals surface area contributed by atoms with E-state index in [1.54, 1.807) is 6.92 Å². The predicted octanol–water partition coefficient (Wildman–Crippen LogP) is 0.0111. The van der Waals surface area contributed by atoms with E-state index in [-0.39, 0.29) is 6.42 Å². The van der Waals surface area contributed by atoms with E-state index >= 15 is 0 Å². The third-order valence-electron chi connectivity index (χ3n) is 0.532. The normalized spacial score (nSPS) is 17.4. The van der Waals surface area contributed by atoms with Crippen LogP contribution in [-0.2, 0) is 4.79 Å². The molecule has 3 N–H and O–H groups in total. The van der Waals surface area contributed by atoms with Crippen LogP contribution in [0.5, 0.6) is 0 Å². The first-order chi connectivity index (χ1) is 3.42. The van der Waals surface area contributed by atoms with Crippen molar-refractivity contribution in [2.75, 3.05) is 0 Å². The van der Waals surface area contributed by atoms with Gasteiger partial charge in [0.15, 0.2) is 0 Å². The lowest BCUT2D eigenvalue weighted by Crippen LogP contribution is -2.30. The molecule has 0 heterocycles. The van der Waals surface area contributed by atoms with Crippen molar-refractivity contribution in [3.8, 4) is 0 Å². The lowest BCUT2D eigenvalue weighted by atomic mass is 10.2. The van der Waals surface area contributed by atoms with Gasteiger partial charge in [-0.15, -0.1) is 9.24 Å². The number of nitrogens with two attached hydrogens (primary N) is 1. The summed E-state index contributed by atoms with van der Waals surface area (Å²) in [6, 6.07) is 0. The van der Waals surface area contributed by atoms with Crippen LogP contribution in [0.1, 0.15) is 13.3 Å². The van der Waals surface area contributed by atoms with Crippen molar-refractivity contribution in [3.63, 3.8) is 0 Å². The summed E-state index contributed by atoms with van der Waals surface area (Å²) in [6.07, 6.45) is -0.0162. The molecule has 0 aliphatic rings. The number of carboxylic acids is 1. The molecule has 2 atom stereocenters. The van der Waals surface area contributed by atoms with E-state index in [9.17, 15) is 4.79 Å². The topological polar surface area (TPSA) is 63.3 Å². The van der Waals surface area contributed by atoms with Crippen LogP contribution in [0.3, 0.4) is 0 Å². The smallest absolute Gasteiger partial charge is 0.305 e. The van der Waals surface area contributed by atoms with Crippen LogP contribution in [0.25, 0.3) is 0 Å². The molecule has 0 rings (SSSR count). The van der Waals surface area contributed by atoms with Crippen molar-refractivity contribution in [1.82, 2.24) is 0 Å². The van der Waals surface area contributed by atoms with E-state index in [1.807, 2.05) is 0 Å². The van der Waals surface area contributed by atoms with Crippen LogP contribution in [0.2, 0.25) is 0 Å². The van der Waals surface area contributed by atoms with Gasteiger partial charge >= 0.3 is 5.97 Å². The summed E-state index contributed by atoms with van der Waals surface area (Å²) >= 11 is 0. The van der Waals surface area contributed by atoms with Crippen molar-refractivity contribution >= 4 is 15.2 Å². The van der Waals surface area contributed by atoms with Gasteiger partial charge in [0.25, 0.3) is 0 Å². The summed E-state index contributed by atoms with van der Waals surface area (Å²) in [7, 11) is 2.26. The summed E-state index contributed by atoms with van der Waals surface area (Å²) in [5.74, 6) is -0.870. The summed E-state index contributed by atoms with van der Waals surface area (Å²) in [4.78, 5) is 9.92. The van der Waals surface area contributed by atoms with E-state index in [1.165, 1.54) is 0 Å². The van der Waals surface area contributed by atoms with E-state index in [2.05, 4.69) is 9.24 Å². The molecule has 0 aromatic rings. The molecule has 0 saturated heterocycles. The molecule has 8 heavy (non-hydrogen) atoms. The van der Waals surface area contributed by atoms with Crippen molar-refractivity contribution in [3.05, 3.63) is 0 Å².